The van der Waals surface area contributed by atoms with Gasteiger partial charge < -0.3 is 0 Å². The van der Waals surface area contributed by atoms with Crippen molar-refractivity contribution in [2.75, 3.05) is 0 Å². The smallest absolute Gasteiger partial charge is 0.0262 e. The Kier molecular flexibility index (Phi) is 21.2. The van der Waals surface area contributed by atoms with Gasteiger partial charge in [-0.25, -0.2) is 0 Å². The minimum atomic E-state index is 0.322. The van der Waals surface area contributed by atoms with Gasteiger partial charge in [0.1, 0.15) is 0 Å². The first kappa shape index (κ1) is 38.9. The zero-order valence-electron chi connectivity index (χ0n) is 29.7. The highest BCUT2D eigenvalue weighted by Gasteiger charge is 2.36. The van der Waals surface area contributed by atoms with Gasteiger partial charge in [0.05, 0.1) is 0 Å². The van der Waals surface area contributed by atoms with Gasteiger partial charge >= 0.3 is 0 Å². The summed E-state index contributed by atoms with van der Waals surface area (Å²) in [5.74, 6) is 6.87. The molecule has 0 heterocycles. The molecule has 242 valence electrons. The van der Waals surface area contributed by atoms with E-state index < -0.39 is 0 Å². The molecule has 0 bridgehead atoms. The van der Waals surface area contributed by atoms with Crippen molar-refractivity contribution in [2.45, 2.75) is 183 Å². The Morgan fingerprint density at radius 3 is 2.02 bits per heavy atom. The van der Waals surface area contributed by atoms with E-state index in [1.165, 1.54) is 116 Å². The van der Waals surface area contributed by atoms with E-state index in [9.17, 15) is 0 Å². The average molecular weight is 589 g/mol. The van der Waals surface area contributed by atoms with Crippen LogP contribution < -0.4 is 0 Å². The second-order valence-corrected chi connectivity index (χ2v) is 15.5. The molecular formula is C40H76S. The van der Waals surface area contributed by atoms with Crippen LogP contribution in [0.3, 0.4) is 0 Å². The highest BCUT2D eigenvalue weighted by Crippen LogP contribution is 2.47. The molecule has 0 N–H and O–H groups in total. The molecule has 0 aromatic carbocycles. The fraction of sp³-hybridized carbons (Fsp3) is 0.900. The normalized spacial score (nSPS) is 23.4. The number of hydrogen-bond donors (Lipinski definition) is 1. The maximum Gasteiger partial charge on any atom is 0.0262 e. The third-order valence-electron chi connectivity index (χ3n) is 10.8. The van der Waals surface area contributed by atoms with Gasteiger partial charge in [-0.1, -0.05) is 144 Å². The summed E-state index contributed by atoms with van der Waals surface area (Å²) in [7, 11) is 0. The Balaban J connectivity index is 0.000000410. The highest BCUT2D eigenvalue weighted by molar-refractivity contribution is 7.81. The molecule has 0 spiro atoms. The third kappa shape index (κ3) is 14.0. The predicted molar refractivity (Wildman–Crippen MR) is 192 cm³/mol. The van der Waals surface area contributed by atoms with E-state index in [0.29, 0.717) is 11.2 Å². The van der Waals surface area contributed by atoms with E-state index in [0.717, 1.165) is 41.4 Å². The molecule has 6 atom stereocenters. The second kappa shape index (κ2) is 22.4. The van der Waals surface area contributed by atoms with Gasteiger partial charge in [0.2, 0.25) is 0 Å². The number of thiol groups is 1. The Morgan fingerprint density at radius 2 is 1.44 bits per heavy atom. The first-order valence-corrected chi connectivity index (χ1v) is 19.2. The molecule has 0 radical (unpaired) electrons. The van der Waals surface area contributed by atoms with Crippen LogP contribution in [0.5, 0.6) is 0 Å². The maximum atomic E-state index is 5.00. The molecule has 3 aliphatic rings. The van der Waals surface area contributed by atoms with Crippen molar-refractivity contribution in [3.05, 3.63) is 23.8 Å². The van der Waals surface area contributed by atoms with Gasteiger partial charge in [0.15, 0.2) is 0 Å². The lowest BCUT2D eigenvalue weighted by atomic mass is 9.66. The zero-order valence-corrected chi connectivity index (χ0v) is 30.6. The number of unbranched alkanes of at least 4 members (excludes halogenated alkanes) is 1. The minimum Gasteiger partial charge on any atom is -0.171 e. The van der Waals surface area contributed by atoms with Gasteiger partial charge in [-0.05, 0) is 98.7 Å². The monoisotopic (exact) mass is 589 g/mol. The fourth-order valence-electron chi connectivity index (χ4n) is 8.55. The summed E-state index contributed by atoms with van der Waals surface area (Å²) in [5, 5.41) is 0.322. The van der Waals surface area contributed by atoms with Crippen LogP contribution in [0.4, 0.5) is 0 Å². The average Bonchev–Trinajstić information content (AvgIpc) is 2.99. The minimum absolute atomic E-state index is 0.322. The van der Waals surface area contributed by atoms with Crippen molar-refractivity contribution in [2.24, 2.45) is 47.3 Å². The lowest BCUT2D eigenvalue weighted by Gasteiger charge is -2.41. The van der Waals surface area contributed by atoms with Crippen molar-refractivity contribution in [3.63, 3.8) is 0 Å². The van der Waals surface area contributed by atoms with Gasteiger partial charge in [-0.3, -0.25) is 0 Å². The fourth-order valence-corrected chi connectivity index (χ4v) is 8.95. The number of fused-ring (bicyclic) bond motifs is 1. The quantitative estimate of drug-likeness (QED) is 0.151. The Hall–Kier alpha value is -0.170. The van der Waals surface area contributed by atoms with Crippen molar-refractivity contribution in [1.29, 1.82) is 0 Å². The van der Waals surface area contributed by atoms with Crippen LogP contribution in [0, 0.1) is 47.3 Å². The van der Waals surface area contributed by atoms with E-state index in [1.54, 1.807) is 0 Å². The molecular weight excluding hydrogens is 513 g/mol. The summed E-state index contributed by atoms with van der Waals surface area (Å²) >= 11 is 5.00. The van der Waals surface area contributed by atoms with Gasteiger partial charge in [-0.2, -0.15) is 12.6 Å². The summed E-state index contributed by atoms with van der Waals surface area (Å²) in [5.41, 5.74) is 3.67. The number of hydrogen-bond acceptors (Lipinski definition) is 1. The Bertz CT molecular complexity index is 681. The molecule has 0 aliphatic heterocycles. The molecule has 0 aromatic heterocycles. The van der Waals surface area contributed by atoms with E-state index >= 15 is 0 Å². The summed E-state index contributed by atoms with van der Waals surface area (Å²) < 4.78 is 0. The van der Waals surface area contributed by atoms with E-state index in [2.05, 4.69) is 61.1 Å². The van der Waals surface area contributed by atoms with Crippen LogP contribution >= 0.6 is 12.6 Å². The van der Waals surface area contributed by atoms with Crippen LogP contribution in [0.2, 0.25) is 0 Å². The topological polar surface area (TPSA) is 0 Å². The SMILES string of the molecule is C=CC(S)C(C1=C2CCCCC2CCC1)C(CCCC)C(C)C.CC.CC(C)CC(C)CCC(C)C1CCCCC1. The zero-order chi connectivity index (χ0) is 30.8. The van der Waals surface area contributed by atoms with Gasteiger partial charge in [0.25, 0.3) is 0 Å². The summed E-state index contributed by atoms with van der Waals surface area (Å²) in [6.07, 6.45) is 27.8. The van der Waals surface area contributed by atoms with Crippen molar-refractivity contribution in [3.8, 4) is 0 Å². The van der Waals surface area contributed by atoms with Crippen molar-refractivity contribution < 1.29 is 0 Å². The van der Waals surface area contributed by atoms with Gasteiger partial charge in [0, 0.05) is 5.25 Å². The van der Waals surface area contributed by atoms with Crippen molar-refractivity contribution >= 4 is 12.6 Å². The van der Waals surface area contributed by atoms with E-state index in [-0.39, 0.29) is 0 Å². The molecule has 1 heteroatoms. The highest BCUT2D eigenvalue weighted by atomic mass is 32.1. The van der Waals surface area contributed by atoms with Gasteiger partial charge in [-0.15, -0.1) is 6.58 Å². The van der Waals surface area contributed by atoms with Crippen LogP contribution in [-0.4, -0.2) is 5.25 Å². The third-order valence-corrected chi connectivity index (χ3v) is 11.3. The molecule has 0 nitrogen and oxygen atoms in total. The summed E-state index contributed by atoms with van der Waals surface area (Å²) in [6, 6.07) is 0. The largest absolute Gasteiger partial charge is 0.171 e. The molecule has 3 aliphatic carbocycles. The first-order valence-electron chi connectivity index (χ1n) is 18.7. The predicted octanol–water partition coefficient (Wildman–Crippen LogP) is 13.9. The molecule has 3 rings (SSSR count). The molecule has 6 unspecified atom stereocenters. The number of rotatable bonds is 14. The van der Waals surface area contributed by atoms with E-state index in [1.807, 2.05) is 25.0 Å². The Morgan fingerprint density at radius 1 is 0.805 bits per heavy atom. The summed E-state index contributed by atoms with van der Waals surface area (Å²) in [6.45, 7) is 24.9. The maximum absolute atomic E-state index is 5.00. The first-order chi connectivity index (χ1) is 19.7. The van der Waals surface area contributed by atoms with E-state index in [4.69, 9.17) is 12.6 Å². The second-order valence-electron chi connectivity index (χ2n) is 14.9. The molecule has 0 amide bonds. The van der Waals surface area contributed by atoms with Crippen LogP contribution in [0.15, 0.2) is 23.8 Å². The Labute approximate surface area is 266 Å². The molecule has 41 heavy (non-hydrogen) atoms. The number of allylic oxidation sites excluding steroid dienone is 2. The summed E-state index contributed by atoms with van der Waals surface area (Å²) in [4.78, 5) is 0. The molecule has 2 saturated carbocycles. The van der Waals surface area contributed by atoms with Crippen LogP contribution in [0.25, 0.3) is 0 Å². The molecule has 2 fully saturated rings. The lowest BCUT2D eigenvalue weighted by molar-refractivity contribution is 0.236. The molecule has 0 saturated heterocycles. The lowest BCUT2D eigenvalue weighted by Crippen LogP contribution is -2.32. The van der Waals surface area contributed by atoms with Crippen molar-refractivity contribution in [1.82, 2.24) is 0 Å². The van der Waals surface area contributed by atoms with Crippen LogP contribution in [0.1, 0.15) is 178 Å². The standard InChI is InChI=1S/C22H38S.C16H32.C2H6/c1-5-7-13-18(16(3)4)22(21(23)6-2)20-15-10-12-17-11-8-9-14-19(17)20;1-13(2)12-14(3)10-11-15(4)16-8-6-5-7-9-16;1-2/h6,16-18,21-23H,2,5,7-15H2,1,3-4H3;13-16H,5-12H2,1-4H3;1-2H3. The van der Waals surface area contributed by atoms with Crippen LogP contribution in [-0.2, 0) is 0 Å². The molecule has 0 aromatic rings.